The zero-order valence-corrected chi connectivity index (χ0v) is 9.82. The van der Waals surface area contributed by atoms with Gasteiger partial charge >= 0.3 is 0 Å². The molecule has 5 nitrogen and oxygen atoms in total. The summed E-state index contributed by atoms with van der Waals surface area (Å²) in [5, 5.41) is 0. The van der Waals surface area contributed by atoms with Gasteiger partial charge < -0.3 is 9.32 Å². The largest absolute Gasteiger partial charge is 0.438 e. The second kappa shape index (κ2) is 4.60. The maximum absolute atomic E-state index is 12.3. The van der Waals surface area contributed by atoms with Crippen LogP contribution in [0.1, 0.15) is 35.1 Å². The van der Waals surface area contributed by atoms with E-state index in [0.29, 0.717) is 0 Å². The highest BCUT2D eigenvalue weighted by atomic mass is 16.3. The van der Waals surface area contributed by atoms with Crippen LogP contribution in [0.5, 0.6) is 0 Å². The van der Waals surface area contributed by atoms with E-state index in [2.05, 4.69) is 9.97 Å². The number of carbonyl (C=O) groups excluding carboxylic acids is 1. The van der Waals surface area contributed by atoms with E-state index in [9.17, 15) is 4.79 Å². The lowest BCUT2D eigenvalue weighted by atomic mass is 10.1. The highest BCUT2D eigenvalue weighted by Gasteiger charge is 2.32. The maximum atomic E-state index is 12.3. The molecule has 2 aromatic rings. The molecule has 5 heteroatoms. The minimum absolute atomic E-state index is 0.0452. The van der Waals surface area contributed by atoms with Gasteiger partial charge in [0, 0.05) is 12.7 Å². The van der Waals surface area contributed by atoms with Gasteiger partial charge in [-0.25, -0.2) is 4.98 Å². The predicted molar refractivity (Wildman–Crippen MR) is 63.8 cm³/mol. The van der Waals surface area contributed by atoms with E-state index in [4.69, 9.17) is 4.42 Å². The predicted octanol–water partition coefficient (Wildman–Crippen LogP) is 2.05. The standard InChI is InChI=1S/C13H13N3O2/c17-13(12-8-14-9-18-12)16-7-3-5-11(16)10-4-1-2-6-15-10/h1-2,4,6,8-9,11H,3,5,7H2. The molecule has 1 amide bonds. The lowest BCUT2D eigenvalue weighted by molar-refractivity contribution is 0.0700. The molecule has 3 heterocycles. The number of likely N-dealkylation sites (tertiary alicyclic amines) is 1. The Morgan fingerprint density at radius 3 is 3.11 bits per heavy atom. The van der Waals surface area contributed by atoms with Crippen LogP contribution in [-0.4, -0.2) is 27.3 Å². The number of amides is 1. The Labute approximate surface area is 104 Å². The first-order valence-corrected chi connectivity index (χ1v) is 5.96. The van der Waals surface area contributed by atoms with Crippen molar-refractivity contribution in [2.24, 2.45) is 0 Å². The first kappa shape index (κ1) is 11.0. The van der Waals surface area contributed by atoms with E-state index in [0.717, 1.165) is 25.1 Å². The van der Waals surface area contributed by atoms with Crippen LogP contribution in [0.3, 0.4) is 0 Å². The van der Waals surface area contributed by atoms with Crippen molar-refractivity contribution < 1.29 is 9.21 Å². The lowest BCUT2D eigenvalue weighted by Gasteiger charge is -2.22. The van der Waals surface area contributed by atoms with Crippen LogP contribution in [0.2, 0.25) is 0 Å². The fourth-order valence-corrected chi connectivity index (χ4v) is 2.35. The normalized spacial score (nSPS) is 19.1. The molecule has 0 radical (unpaired) electrons. The fraction of sp³-hybridized carbons (Fsp3) is 0.308. The molecular formula is C13H13N3O2. The highest BCUT2D eigenvalue weighted by molar-refractivity contribution is 5.91. The number of pyridine rings is 1. The van der Waals surface area contributed by atoms with Crippen molar-refractivity contribution in [2.45, 2.75) is 18.9 Å². The van der Waals surface area contributed by atoms with Gasteiger partial charge in [-0.1, -0.05) is 6.07 Å². The highest BCUT2D eigenvalue weighted by Crippen LogP contribution is 2.31. The smallest absolute Gasteiger partial charge is 0.291 e. The Kier molecular flexibility index (Phi) is 2.80. The summed E-state index contributed by atoms with van der Waals surface area (Å²) >= 11 is 0. The number of hydrogen-bond acceptors (Lipinski definition) is 4. The van der Waals surface area contributed by atoms with Gasteiger partial charge in [0.25, 0.3) is 5.91 Å². The van der Waals surface area contributed by atoms with Gasteiger partial charge in [-0.3, -0.25) is 9.78 Å². The third-order valence-corrected chi connectivity index (χ3v) is 3.19. The molecule has 0 bridgehead atoms. The summed E-state index contributed by atoms with van der Waals surface area (Å²) in [6, 6.07) is 5.82. The van der Waals surface area contributed by atoms with Gasteiger partial charge in [-0.2, -0.15) is 0 Å². The summed E-state index contributed by atoms with van der Waals surface area (Å²) in [5.41, 5.74) is 0.933. The molecule has 1 aliphatic heterocycles. The molecule has 0 aliphatic carbocycles. The Morgan fingerprint density at radius 1 is 1.44 bits per heavy atom. The zero-order valence-electron chi connectivity index (χ0n) is 9.82. The van der Waals surface area contributed by atoms with Crippen molar-refractivity contribution in [3.63, 3.8) is 0 Å². The van der Waals surface area contributed by atoms with Gasteiger partial charge in [0.1, 0.15) is 0 Å². The third-order valence-electron chi connectivity index (χ3n) is 3.19. The topological polar surface area (TPSA) is 59.2 Å². The summed E-state index contributed by atoms with van der Waals surface area (Å²) < 4.78 is 5.07. The van der Waals surface area contributed by atoms with Crippen LogP contribution in [0.15, 0.2) is 41.4 Å². The second-order valence-electron chi connectivity index (χ2n) is 4.28. The average Bonchev–Trinajstić information content (AvgIpc) is 3.10. The molecular weight excluding hydrogens is 230 g/mol. The maximum Gasteiger partial charge on any atom is 0.291 e. The number of aromatic nitrogens is 2. The molecule has 1 aliphatic rings. The molecule has 1 unspecified atom stereocenters. The first-order valence-electron chi connectivity index (χ1n) is 5.96. The van der Waals surface area contributed by atoms with Crippen LogP contribution in [0, 0.1) is 0 Å². The van der Waals surface area contributed by atoms with E-state index < -0.39 is 0 Å². The Hall–Kier alpha value is -2.17. The molecule has 0 aromatic carbocycles. The van der Waals surface area contributed by atoms with Crippen molar-refractivity contribution in [1.29, 1.82) is 0 Å². The molecule has 1 fully saturated rings. The minimum Gasteiger partial charge on any atom is -0.438 e. The van der Waals surface area contributed by atoms with E-state index in [1.807, 2.05) is 23.1 Å². The van der Waals surface area contributed by atoms with Gasteiger partial charge in [0.05, 0.1) is 17.9 Å². The lowest BCUT2D eigenvalue weighted by Crippen LogP contribution is -2.30. The van der Waals surface area contributed by atoms with Gasteiger partial charge in [0.2, 0.25) is 5.76 Å². The summed E-state index contributed by atoms with van der Waals surface area (Å²) in [6.07, 6.45) is 6.41. The van der Waals surface area contributed by atoms with Crippen molar-refractivity contribution in [3.8, 4) is 0 Å². The zero-order chi connectivity index (χ0) is 12.4. The molecule has 0 spiro atoms. The molecule has 2 aromatic heterocycles. The number of carbonyl (C=O) groups is 1. The number of rotatable bonds is 2. The van der Waals surface area contributed by atoms with Crippen LogP contribution < -0.4 is 0 Å². The average molecular weight is 243 g/mol. The summed E-state index contributed by atoms with van der Waals surface area (Å²) in [7, 11) is 0. The molecule has 18 heavy (non-hydrogen) atoms. The molecule has 92 valence electrons. The summed E-state index contributed by atoms with van der Waals surface area (Å²) in [4.78, 5) is 22.2. The second-order valence-corrected chi connectivity index (χ2v) is 4.28. The van der Waals surface area contributed by atoms with Crippen molar-refractivity contribution in [1.82, 2.24) is 14.9 Å². The van der Waals surface area contributed by atoms with E-state index in [1.54, 1.807) is 6.20 Å². The molecule has 1 atom stereocenters. The first-order chi connectivity index (χ1) is 8.86. The molecule has 3 rings (SSSR count). The molecule has 0 saturated carbocycles. The van der Waals surface area contributed by atoms with Crippen molar-refractivity contribution in [3.05, 3.63) is 48.4 Å². The van der Waals surface area contributed by atoms with Crippen LogP contribution in [-0.2, 0) is 0 Å². The van der Waals surface area contributed by atoms with Gasteiger partial charge in [0.15, 0.2) is 6.39 Å². The van der Waals surface area contributed by atoms with Crippen molar-refractivity contribution >= 4 is 5.91 Å². The Morgan fingerprint density at radius 2 is 2.39 bits per heavy atom. The van der Waals surface area contributed by atoms with E-state index >= 15 is 0 Å². The van der Waals surface area contributed by atoms with E-state index in [-0.39, 0.29) is 17.7 Å². The van der Waals surface area contributed by atoms with Gasteiger partial charge in [-0.05, 0) is 25.0 Å². The molecule has 0 N–H and O–H groups in total. The van der Waals surface area contributed by atoms with Crippen LogP contribution in [0.25, 0.3) is 0 Å². The van der Waals surface area contributed by atoms with Crippen molar-refractivity contribution in [2.75, 3.05) is 6.54 Å². The van der Waals surface area contributed by atoms with Crippen LogP contribution in [0.4, 0.5) is 0 Å². The number of oxazole rings is 1. The van der Waals surface area contributed by atoms with Gasteiger partial charge in [-0.15, -0.1) is 0 Å². The third kappa shape index (κ3) is 1.88. The SMILES string of the molecule is O=C(c1cnco1)N1CCCC1c1ccccn1. The quantitative estimate of drug-likeness (QED) is 0.810. The van der Waals surface area contributed by atoms with E-state index in [1.165, 1.54) is 12.6 Å². The minimum atomic E-state index is -0.111. The Balaban J connectivity index is 1.86. The van der Waals surface area contributed by atoms with Crippen LogP contribution >= 0.6 is 0 Å². The molecule has 1 saturated heterocycles. The summed E-state index contributed by atoms with van der Waals surface area (Å²) in [6.45, 7) is 0.737. The number of hydrogen-bond donors (Lipinski definition) is 0. The monoisotopic (exact) mass is 243 g/mol. The fourth-order valence-electron chi connectivity index (χ4n) is 2.35. The number of nitrogens with zero attached hydrogens (tertiary/aromatic N) is 3. The Bertz CT molecular complexity index is 524. The summed E-state index contributed by atoms with van der Waals surface area (Å²) in [5.74, 6) is 0.179.